The van der Waals surface area contributed by atoms with Crippen LogP contribution in [0.2, 0.25) is 0 Å². The van der Waals surface area contributed by atoms with Crippen LogP contribution < -0.4 is 0 Å². The van der Waals surface area contributed by atoms with Crippen molar-refractivity contribution >= 4 is 84.1 Å². The normalized spacial score (nSPS) is 11.6. The van der Waals surface area contributed by atoms with Gasteiger partial charge in [-0.15, -0.1) is 0 Å². The molecule has 0 atom stereocenters. The third-order valence-corrected chi connectivity index (χ3v) is 9.68. The first-order valence-electron chi connectivity index (χ1n) is 17.8. The summed E-state index contributed by atoms with van der Waals surface area (Å²) in [5, 5.41) is 2.56. The van der Waals surface area contributed by atoms with E-state index in [0.29, 0.717) is 5.92 Å². The van der Waals surface area contributed by atoms with Crippen molar-refractivity contribution in [3.63, 3.8) is 0 Å². The molecule has 8 aromatic rings. The highest BCUT2D eigenvalue weighted by molar-refractivity contribution is 9.09. The quantitative estimate of drug-likeness (QED) is 0.156. The zero-order valence-electron chi connectivity index (χ0n) is 30.5. The summed E-state index contributed by atoms with van der Waals surface area (Å²) in [5.41, 5.74) is 14.8. The largest absolute Gasteiger partial charge is 0.354 e. The number of benzene rings is 6. The Morgan fingerprint density at radius 1 is 0.481 bits per heavy atom. The maximum Gasteiger partial charge on any atom is 0.266 e. The number of hydrogen-bond donors (Lipinski definition) is 2. The smallest absolute Gasteiger partial charge is 0.266 e. The lowest BCUT2D eigenvalue weighted by atomic mass is 9.95. The molecule has 0 spiro atoms. The SMILES string of the molecule is CC(C)(Br)c1ccc2[nH]c(-c3ccccc3)c(-c3ccccc3)c2c1.CC(C)c1ccc2[nH]c(-c3ccccc3)c(-c3ccccc3)c2c1.ClC(Cl)(Cl)Cl. The molecule has 54 heavy (non-hydrogen) atoms. The summed E-state index contributed by atoms with van der Waals surface area (Å²) in [5.74, 6) is 0.521. The lowest BCUT2D eigenvalue weighted by Crippen LogP contribution is -2.05. The van der Waals surface area contributed by atoms with Crippen molar-refractivity contribution in [2.24, 2.45) is 0 Å². The summed E-state index contributed by atoms with van der Waals surface area (Å²) in [7, 11) is 0. The third-order valence-electron chi connectivity index (χ3n) is 9.22. The van der Waals surface area contributed by atoms with Crippen molar-refractivity contribution in [1.82, 2.24) is 9.97 Å². The molecule has 0 aliphatic heterocycles. The molecule has 0 saturated carbocycles. The molecule has 0 unspecified atom stereocenters. The van der Waals surface area contributed by atoms with Crippen LogP contribution in [-0.2, 0) is 4.32 Å². The van der Waals surface area contributed by atoms with Crippen LogP contribution in [-0.4, -0.2) is 13.2 Å². The average molecular weight is 856 g/mol. The van der Waals surface area contributed by atoms with E-state index in [2.05, 4.69) is 211 Å². The summed E-state index contributed by atoms with van der Waals surface area (Å²) in [6, 6.07) is 55.9. The summed E-state index contributed by atoms with van der Waals surface area (Å²) in [6.45, 7) is 8.85. The Labute approximate surface area is 346 Å². The van der Waals surface area contributed by atoms with Crippen molar-refractivity contribution in [1.29, 1.82) is 0 Å². The minimum absolute atomic E-state index is 0.0562. The summed E-state index contributed by atoms with van der Waals surface area (Å²) in [6.07, 6.45) is 0. The van der Waals surface area contributed by atoms with E-state index in [1.165, 1.54) is 77.7 Å². The zero-order chi connectivity index (χ0) is 38.5. The molecule has 0 saturated heterocycles. The van der Waals surface area contributed by atoms with Gasteiger partial charge in [0.05, 0.1) is 11.4 Å². The standard InChI is InChI=1S/C23H20BrN.C23H21N.CCl4/c1-23(2,24)18-13-14-20-19(15-18)21(16-9-5-3-6-10-16)22(25-20)17-11-7-4-8-12-17;1-16(2)19-13-14-21-20(15-19)22(17-9-5-3-6-10-17)23(24-21)18-11-7-4-8-12-18;2-1(3,4)5/h3-15,25H,1-2H3;3-16,24H,1-2H3;. The van der Waals surface area contributed by atoms with E-state index in [9.17, 15) is 0 Å². The average Bonchev–Trinajstić information content (AvgIpc) is 3.74. The number of alkyl halides is 5. The second kappa shape index (κ2) is 17.2. The van der Waals surface area contributed by atoms with Gasteiger partial charge in [0.15, 0.2) is 0 Å². The molecule has 0 aliphatic rings. The van der Waals surface area contributed by atoms with Crippen LogP contribution in [0, 0.1) is 0 Å². The highest BCUT2D eigenvalue weighted by Crippen LogP contribution is 2.42. The molecule has 2 nitrogen and oxygen atoms in total. The number of rotatable bonds is 6. The Bertz CT molecular complexity index is 2420. The Morgan fingerprint density at radius 2 is 0.833 bits per heavy atom. The van der Waals surface area contributed by atoms with Gasteiger partial charge in [-0.3, -0.25) is 0 Å². The fourth-order valence-electron chi connectivity index (χ4n) is 6.58. The Hall–Kier alpha value is -3.96. The van der Waals surface area contributed by atoms with Crippen LogP contribution in [0.25, 0.3) is 66.6 Å². The van der Waals surface area contributed by atoms with Crippen molar-refractivity contribution < 1.29 is 0 Å². The molecule has 0 amide bonds. The van der Waals surface area contributed by atoms with Gasteiger partial charge in [0.2, 0.25) is 0 Å². The number of H-pyrrole nitrogens is 2. The Balaban J connectivity index is 0.000000164. The molecule has 2 heterocycles. The molecular formula is C47H41BrCl4N2. The fourth-order valence-corrected chi connectivity index (χ4v) is 6.83. The maximum atomic E-state index is 4.83. The molecule has 7 heteroatoms. The van der Waals surface area contributed by atoms with E-state index < -0.39 is 3.25 Å². The lowest BCUT2D eigenvalue weighted by molar-refractivity contribution is 0.805. The molecule has 2 N–H and O–H groups in total. The fraction of sp³-hybridized carbons (Fsp3) is 0.149. The van der Waals surface area contributed by atoms with Gasteiger partial charge in [-0.25, -0.2) is 0 Å². The molecule has 8 rings (SSSR count). The summed E-state index contributed by atoms with van der Waals surface area (Å²) < 4.78 is -1.67. The predicted octanol–water partition coefficient (Wildman–Crippen LogP) is 16.3. The van der Waals surface area contributed by atoms with E-state index in [4.69, 9.17) is 46.4 Å². The Morgan fingerprint density at radius 3 is 1.20 bits per heavy atom. The van der Waals surface area contributed by atoms with Crippen LogP contribution in [0.1, 0.15) is 44.7 Å². The van der Waals surface area contributed by atoms with Gasteiger partial charge in [-0.1, -0.05) is 210 Å². The minimum Gasteiger partial charge on any atom is -0.354 e. The van der Waals surface area contributed by atoms with Gasteiger partial charge in [0.25, 0.3) is 3.25 Å². The molecule has 274 valence electrons. The van der Waals surface area contributed by atoms with E-state index in [-0.39, 0.29) is 4.32 Å². The number of fused-ring (bicyclic) bond motifs is 2. The van der Waals surface area contributed by atoms with Crippen molar-refractivity contribution in [3.05, 3.63) is 169 Å². The maximum absolute atomic E-state index is 4.83. The molecule has 0 bridgehead atoms. The zero-order valence-corrected chi connectivity index (χ0v) is 35.1. The van der Waals surface area contributed by atoms with Crippen LogP contribution in [0.15, 0.2) is 158 Å². The number of nitrogens with one attached hydrogen (secondary N) is 2. The molecule has 0 fully saturated rings. The summed E-state index contributed by atoms with van der Waals surface area (Å²) in [4.78, 5) is 7.29. The van der Waals surface area contributed by atoms with Gasteiger partial charge in [0.1, 0.15) is 0 Å². The van der Waals surface area contributed by atoms with Gasteiger partial charge in [-0.05, 0) is 77.4 Å². The topological polar surface area (TPSA) is 31.6 Å². The van der Waals surface area contributed by atoms with Crippen molar-refractivity contribution in [2.75, 3.05) is 0 Å². The number of halogens is 5. The Kier molecular flexibility index (Phi) is 12.7. The van der Waals surface area contributed by atoms with Gasteiger partial charge in [0, 0.05) is 37.3 Å². The first kappa shape index (κ1) is 39.7. The highest BCUT2D eigenvalue weighted by atomic mass is 79.9. The molecule has 6 aromatic carbocycles. The number of hydrogen-bond acceptors (Lipinski definition) is 0. The first-order chi connectivity index (χ1) is 25.8. The van der Waals surface area contributed by atoms with Gasteiger partial charge < -0.3 is 9.97 Å². The van der Waals surface area contributed by atoms with Crippen molar-refractivity contribution in [3.8, 4) is 44.8 Å². The van der Waals surface area contributed by atoms with Crippen LogP contribution >= 0.6 is 62.3 Å². The molecular weight excluding hydrogens is 814 g/mol. The molecule has 0 aliphatic carbocycles. The van der Waals surface area contributed by atoms with Gasteiger partial charge in [-0.2, -0.15) is 0 Å². The predicted molar refractivity (Wildman–Crippen MR) is 241 cm³/mol. The number of aromatic amines is 2. The monoisotopic (exact) mass is 852 g/mol. The van der Waals surface area contributed by atoms with Gasteiger partial charge >= 0.3 is 0 Å². The van der Waals surface area contributed by atoms with Crippen molar-refractivity contribution in [2.45, 2.75) is 41.2 Å². The van der Waals surface area contributed by atoms with E-state index in [0.717, 1.165) is 0 Å². The third kappa shape index (κ3) is 9.82. The lowest BCUT2D eigenvalue weighted by Gasteiger charge is -2.17. The second-order valence-corrected chi connectivity index (χ2v) is 19.2. The molecule has 2 aromatic heterocycles. The van der Waals surface area contributed by atoms with Crippen LogP contribution in [0.3, 0.4) is 0 Å². The highest BCUT2D eigenvalue weighted by Gasteiger charge is 2.20. The first-order valence-corrected chi connectivity index (χ1v) is 20.1. The second-order valence-electron chi connectivity index (χ2n) is 13.8. The van der Waals surface area contributed by atoms with E-state index >= 15 is 0 Å². The van der Waals surface area contributed by atoms with E-state index in [1.54, 1.807) is 0 Å². The molecule has 0 radical (unpaired) electrons. The van der Waals surface area contributed by atoms with E-state index in [1.807, 2.05) is 0 Å². The summed E-state index contributed by atoms with van der Waals surface area (Å²) >= 11 is 23.1. The van der Waals surface area contributed by atoms with Crippen LogP contribution in [0.5, 0.6) is 0 Å². The van der Waals surface area contributed by atoms with Crippen LogP contribution in [0.4, 0.5) is 0 Å². The number of aromatic nitrogens is 2. The minimum atomic E-state index is -1.61.